The number of rotatable bonds is 4. The predicted octanol–water partition coefficient (Wildman–Crippen LogP) is 0.126. The van der Waals surface area contributed by atoms with E-state index >= 15 is 0 Å². The van der Waals surface area contributed by atoms with Crippen molar-refractivity contribution in [3.05, 3.63) is 34.9 Å². The molecule has 7 nitrogen and oxygen atoms in total. The minimum Gasteiger partial charge on any atom is -0.359 e. The highest BCUT2D eigenvalue weighted by Crippen LogP contribution is 2.30. The average Bonchev–Trinajstić information content (AvgIpc) is 2.90. The van der Waals surface area contributed by atoms with Gasteiger partial charge in [0.2, 0.25) is 17.7 Å². The number of carbonyl (C=O) groups is 4. The molecule has 1 saturated heterocycles. The van der Waals surface area contributed by atoms with E-state index in [4.69, 9.17) is 0 Å². The first-order chi connectivity index (χ1) is 11.5. The zero-order chi connectivity index (χ0) is 17.3. The molecule has 2 aliphatic rings. The Morgan fingerprint density at radius 1 is 1.33 bits per heavy atom. The molecule has 1 aromatic rings. The molecule has 3 rings (SSSR count). The fourth-order valence-corrected chi connectivity index (χ4v) is 3.26. The lowest BCUT2D eigenvalue weighted by Crippen LogP contribution is -2.52. The highest BCUT2D eigenvalue weighted by Gasteiger charge is 2.39. The normalized spacial score (nSPS) is 20.0. The van der Waals surface area contributed by atoms with Crippen LogP contribution < -0.4 is 10.6 Å². The fourth-order valence-electron chi connectivity index (χ4n) is 3.26. The van der Waals surface area contributed by atoms with Crippen LogP contribution in [0.15, 0.2) is 18.2 Å². The number of fused-ring (bicyclic) bond motifs is 1. The first kappa shape index (κ1) is 16.2. The summed E-state index contributed by atoms with van der Waals surface area (Å²) < 4.78 is 0. The van der Waals surface area contributed by atoms with Gasteiger partial charge in [0.1, 0.15) is 6.04 Å². The Hall–Kier alpha value is -2.70. The predicted molar refractivity (Wildman–Crippen MR) is 84.9 cm³/mol. The van der Waals surface area contributed by atoms with Crippen molar-refractivity contribution in [2.75, 3.05) is 7.05 Å². The van der Waals surface area contributed by atoms with Crippen molar-refractivity contribution in [2.24, 2.45) is 0 Å². The second-order valence-corrected chi connectivity index (χ2v) is 6.02. The number of nitrogens with one attached hydrogen (secondary N) is 2. The molecule has 126 valence electrons. The van der Waals surface area contributed by atoms with E-state index in [1.807, 2.05) is 6.07 Å². The van der Waals surface area contributed by atoms with E-state index in [0.29, 0.717) is 31.4 Å². The highest BCUT2D eigenvalue weighted by molar-refractivity contribution is 6.05. The van der Waals surface area contributed by atoms with Crippen LogP contribution in [-0.4, -0.2) is 41.6 Å². The maximum atomic E-state index is 12.7. The number of hydrogen-bond donors (Lipinski definition) is 2. The monoisotopic (exact) mass is 329 g/mol. The van der Waals surface area contributed by atoms with Gasteiger partial charge >= 0.3 is 0 Å². The van der Waals surface area contributed by atoms with Crippen molar-refractivity contribution in [2.45, 2.75) is 38.3 Å². The lowest BCUT2D eigenvalue weighted by atomic mass is 9.99. The van der Waals surface area contributed by atoms with Gasteiger partial charge in [-0.3, -0.25) is 24.5 Å². The van der Waals surface area contributed by atoms with Gasteiger partial charge in [0, 0.05) is 32.0 Å². The summed E-state index contributed by atoms with van der Waals surface area (Å²) in [6, 6.07) is 4.83. The second-order valence-electron chi connectivity index (χ2n) is 6.02. The molecule has 1 fully saturated rings. The van der Waals surface area contributed by atoms with Gasteiger partial charge in [-0.25, -0.2) is 0 Å². The van der Waals surface area contributed by atoms with Gasteiger partial charge < -0.3 is 10.2 Å². The van der Waals surface area contributed by atoms with Gasteiger partial charge in [0.15, 0.2) is 0 Å². The SMILES string of the molecule is CNC(=O)CCc1cccc2c1CN(C1CCC(=O)NC1=O)C2=O. The number of amides is 4. The Morgan fingerprint density at radius 3 is 2.83 bits per heavy atom. The second kappa shape index (κ2) is 6.43. The van der Waals surface area contributed by atoms with Crippen LogP contribution in [0.25, 0.3) is 0 Å². The maximum absolute atomic E-state index is 12.7. The number of carbonyl (C=O) groups excluding carboxylic acids is 4. The van der Waals surface area contributed by atoms with Crippen molar-refractivity contribution in [1.29, 1.82) is 0 Å². The Kier molecular flexibility index (Phi) is 4.33. The molecule has 0 aromatic heterocycles. The third-order valence-electron chi connectivity index (χ3n) is 4.58. The van der Waals surface area contributed by atoms with E-state index in [1.54, 1.807) is 19.2 Å². The summed E-state index contributed by atoms with van der Waals surface area (Å²) >= 11 is 0. The minimum absolute atomic E-state index is 0.0565. The van der Waals surface area contributed by atoms with Crippen molar-refractivity contribution in [1.82, 2.24) is 15.5 Å². The lowest BCUT2D eigenvalue weighted by Gasteiger charge is -2.29. The summed E-state index contributed by atoms with van der Waals surface area (Å²) in [4.78, 5) is 49.0. The van der Waals surface area contributed by atoms with E-state index in [-0.39, 0.29) is 24.1 Å². The fraction of sp³-hybridized carbons (Fsp3) is 0.412. The summed E-state index contributed by atoms with van der Waals surface area (Å²) in [5, 5.41) is 4.87. The van der Waals surface area contributed by atoms with E-state index in [0.717, 1.165) is 11.1 Å². The van der Waals surface area contributed by atoms with Crippen LogP contribution in [0.2, 0.25) is 0 Å². The van der Waals surface area contributed by atoms with Gasteiger partial charge in [0.25, 0.3) is 5.91 Å². The minimum atomic E-state index is -0.616. The molecular formula is C17H19N3O4. The number of aryl methyl sites for hydroxylation is 1. The van der Waals surface area contributed by atoms with Crippen LogP contribution in [0.4, 0.5) is 0 Å². The average molecular weight is 329 g/mol. The highest BCUT2D eigenvalue weighted by atomic mass is 16.2. The van der Waals surface area contributed by atoms with Crippen LogP contribution in [-0.2, 0) is 27.3 Å². The first-order valence-corrected chi connectivity index (χ1v) is 7.97. The van der Waals surface area contributed by atoms with Crippen molar-refractivity contribution >= 4 is 23.6 Å². The van der Waals surface area contributed by atoms with Crippen molar-refractivity contribution in [3.8, 4) is 0 Å². The van der Waals surface area contributed by atoms with Gasteiger partial charge in [0.05, 0.1) is 0 Å². The van der Waals surface area contributed by atoms with Gasteiger partial charge in [-0.1, -0.05) is 12.1 Å². The van der Waals surface area contributed by atoms with Crippen LogP contribution >= 0.6 is 0 Å². The standard InChI is InChI=1S/C17H19N3O4/c1-18-14(21)7-5-10-3-2-4-11-12(10)9-20(17(11)24)13-6-8-15(22)19-16(13)23/h2-4,13H,5-9H2,1H3,(H,18,21)(H,19,22,23). The van der Waals surface area contributed by atoms with Crippen LogP contribution in [0.3, 0.4) is 0 Å². The molecule has 2 N–H and O–H groups in total. The van der Waals surface area contributed by atoms with E-state index in [2.05, 4.69) is 10.6 Å². The number of hydrogen-bond acceptors (Lipinski definition) is 4. The summed E-state index contributed by atoms with van der Waals surface area (Å²) in [7, 11) is 1.59. The zero-order valence-electron chi connectivity index (χ0n) is 13.4. The molecule has 2 aliphatic heterocycles. The van der Waals surface area contributed by atoms with Crippen LogP contribution in [0, 0.1) is 0 Å². The molecule has 0 bridgehead atoms. The van der Waals surface area contributed by atoms with Gasteiger partial charge in [-0.15, -0.1) is 0 Å². The number of piperidine rings is 1. The molecule has 4 amide bonds. The maximum Gasteiger partial charge on any atom is 0.255 e. The largest absolute Gasteiger partial charge is 0.359 e. The number of imide groups is 1. The lowest BCUT2D eigenvalue weighted by molar-refractivity contribution is -0.137. The molecule has 1 unspecified atom stereocenters. The third-order valence-corrected chi connectivity index (χ3v) is 4.58. The molecule has 1 aromatic carbocycles. The van der Waals surface area contributed by atoms with E-state index in [1.165, 1.54) is 4.90 Å². The molecular weight excluding hydrogens is 310 g/mol. The molecule has 0 saturated carbocycles. The number of benzene rings is 1. The van der Waals surface area contributed by atoms with Gasteiger partial charge in [-0.05, 0) is 30.0 Å². The Morgan fingerprint density at radius 2 is 2.12 bits per heavy atom. The summed E-state index contributed by atoms with van der Waals surface area (Å²) in [6.07, 6.45) is 1.47. The zero-order valence-corrected chi connectivity index (χ0v) is 13.4. The number of nitrogens with zero attached hydrogens (tertiary/aromatic N) is 1. The van der Waals surface area contributed by atoms with Gasteiger partial charge in [-0.2, -0.15) is 0 Å². The molecule has 1 atom stereocenters. The quantitative estimate of drug-likeness (QED) is 0.767. The molecule has 2 heterocycles. The molecule has 0 aliphatic carbocycles. The molecule has 0 radical (unpaired) electrons. The molecule has 24 heavy (non-hydrogen) atoms. The first-order valence-electron chi connectivity index (χ1n) is 7.97. The Bertz CT molecular complexity index is 729. The molecule has 0 spiro atoms. The van der Waals surface area contributed by atoms with Crippen LogP contribution in [0.1, 0.15) is 40.7 Å². The third kappa shape index (κ3) is 2.89. The smallest absolute Gasteiger partial charge is 0.255 e. The summed E-state index contributed by atoms with van der Waals surface area (Å²) in [5.74, 6) is -0.966. The molecule has 7 heteroatoms. The topological polar surface area (TPSA) is 95.6 Å². The van der Waals surface area contributed by atoms with E-state index < -0.39 is 11.9 Å². The Labute approximate surface area is 139 Å². The van der Waals surface area contributed by atoms with Crippen molar-refractivity contribution in [3.63, 3.8) is 0 Å². The summed E-state index contributed by atoms with van der Waals surface area (Å²) in [6.45, 7) is 0.338. The summed E-state index contributed by atoms with van der Waals surface area (Å²) in [5.41, 5.74) is 2.39. The van der Waals surface area contributed by atoms with Crippen LogP contribution in [0.5, 0.6) is 0 Å². The van der Waals surface area contributed by atoms with Crippen molar-refractivity contribution < 1.29 is 19.2 Å². The Balaban J connectivity index is 1.81. The van der Waals surface area contributed by atoms with E-state index in [9.17, 15) is 19.2 Å².